The third-order valence-corrected chi connectivity index (χ3v) is 3.11. The third kappa shape index (κ3) is 4.15. The van der Waals surface area contributed by atoms with Gasteiger partial charge >= 0.3 is 0 Å². The SMILES string of the molecule is CNCCn1nnnc1SCC(C)OC. The summed E-state index contributed by atoms with van der Waals surface area (Å²) >= 11 is 1.61. The number of rotatable bonds is 7. The number of hydrogen-bond acceptors (Lipinski definition) is 6. The van der Waals surface area contributed by atoms with E-state index in [1.807, 2.05) is 14.0 Å². The highest BCUT2D eigenvalue weighted by atomic mass is 32.2. The fourth-order valence-corrected chi connectivity index (χ4v) is 1.81. The van der Waals surface area contributed by atoms with E-state index in [0.717, 1.165) is 24.0 Å². The van der Waals surface area contributed by atoms with Crippen molar-refractivity contribution in [3.63, 3.8) is 0 Å². The Morgan fingerprint density at radius 3 is 3.07 bits per heavy atom. The maximum atomic E-state index is 5.16. The van der Waals surface area contributed by atoms with Crippen LogP contribution in [0.1, 0.15) is 6.92 Å². The molecule has 0 amide bonds. The van der Waals surface area contributed by atoms with Crippen LogP contribution in [-0.2, 0) is 11.3 Å². The Kier molecular flexibility index (Phi) is 5.59. The lowest BCUT2D eigenvalue weighted by Crippen LogP contribution is -2.17. The number of ether oxygens (including phenoxy) is 1. The Morgan fingerprint density at radius 1 is 1.60 bits per heavy atom. The fraction of sp³-hybridized carbons (Fsp3) is 0.875. The minimum Gasteiger partial charge on any atom is -0.381 e. The van der Waals surface area contributed by atoms with Crippen LogP contribution in [0.15, 0.2) is 5.16 Å². The van der Waals surface area contributed by atoms with Crippen LogP contribution in [0.2, 0.25) is 0 Å². The molecule has 0 spiro atoms. The molecule has 0 bridgehead atoms. The molecule has 0 radical (unpaired) electrons. The molecule has 0 aromatic carbocycles. The molecular weight excluding hydrogens is 214 g/mol. The zero-order valence-electron chi connectivity index (χ0n) is 9.30. The van der Waals surface area contributed by atoms with Crippen molar-refractivity contribution in [2.45, 2.75) is 24.7 Å². The van der Waals surface area contributed by atoms with Gasteiger partial charge in [0.25, 0.3) is 0 Å². The van der Waals surface area contributed by atoms with Gasteiger partial charge in [0.05, 0.1) is 12.6 Å². The molecule has 0 aliphatic rings. The molecule has 0 saturated carbocycles. The van der Waals surface area contributed by atoms with Crippen molar-refractivity contribution in [2.75, 3.05) is 26.5 Å². The van der Waals surface area contributed by atoms with E-state index in [0.29, 0.717) is 0 Å². The van der Waals surface area contributed by atoms with Crippen LogP contribution in [-0.4, -0.2) is 52.8 Å². The molecule has 1 aromatic heterocycles. The van der Waals surface area contributed by atoms with E-state index in [1.54, 1.807) is 23.6 Å². The Labute approximate surface area is 93.8 Å². The first-order valence-electron chi connectivity index (χ1n) is 4.84. The first-order valence-corrected chi connectivity index (χ1v) is 5.82. The minimum absolute atomic E-state index is 0.212. The number of nitrogens with one attached hydrogen (secondary N) is 1. The number of nitrogens with zero attached hydrogens (tertiary/aromatic N) is 4. The topological polar surface area (TPSA) is 64.9 Å². The molecular formula is C8H17N5OS. The molecule has 7 heteroatoms. The summed E-state index contributed by atoms with van der Waals surface area (Å²) < 4.78 is 6.95. The van der Waals surface area contributed by atoms with Gasteiger partial charge in [0.2, 0.25) is 5.16 Å². The van der Waals surface area contributed by atoms with Gasteiger partial charge in [0.1, 0.15) is 0 Å². The van der Waals surface area contributed by atoms with Crippen molar-refractivity contribution in [3.05, 3.63) is 0 Å². The van der Waals surface area contributed by atoms with E-state index < -0.39 is 0 Å². The highest BCUT2D eigenvalue weighted by molar-refractivity contribution is 7.99. The number of methoxy groups -OCH3 is 1. The van der Waals surface area contributed by atoms with Crippen molar-refractivity contribution in [1.82, 2.24) is 25.5 Å². The molecule has 0 aliphatic heterocycles. The van der Waals surface area contributed by atoms with Gasteiger partial charge in [-0.15, -0.1) is 5.10 Å². The summed E-state index contributed by atoms with van der Waals surface area (Å²) in [5.41, 5.74) is 0. The summed E-state index contributed by atoms with van der Waals surface area (Å²) in [6.45, 7) is 3.67. The lowest BCUT2D eigenvalue weighted by Gasteiger charge is -2.08. The van der Waals surface area contributed by atoms with Gasteiger partial charge in [-0.2, -0.15) is 0 Å². The van der Waals surface area contributed by atoms with Gasteiger partial charge in [0, 0.05) is 19.4 Å². The normalized spacial score (nSPS) is 13.0. The van der Waals surface area contributed by atoms with Crippen molar-refractivity contribution in [1.29, 1.82) is 0 Å². The van der Waals surface area contributed by atoms with Crippen LogP contribution >= 0.6 is 11.8 Å². The second-order valence-corrected chi connectivity index (χ2v) is 4.13. The molecule has 1 N–H and O–H groups in total. The highest BCUT2D eigenvalue weighted by Gasteiger charge is 2.08. The summed E-state index contributed by atoms with van der Waals surface area (Å²) in [7, 11) is 3.61. The largest absolute Gasteiger partial charge is 0.381 e. The summed E-state index contributed by atoms with van der Waals surface area (Å²) in [5, 5.41) is 15.4. The predicted molar refractivity (Wildman–Crippen MR) is 58.9 cm³/mol. The van der Waals surface area contributed by atoms with Crippen LogP contribution in [0.5, 0.6) is 0 Å². The second-order valence-electron chi connectivity index (χ2n) is 3.15. The predicted octanol–water partition coefficient (Wildman–Crippen LogP) is 0.0195. The van der Waals surface area contributed by atoms with Crippen LogP contribution in [0, 0.1) is 0 Å². The summed E-state index contributed by atoms with van der Waals surface area (Å²) in [6, 6.07) is 0. The number of thioether (sulfide) groups is 1. The Bertz CT molecular complexity index is 280. The molecule has 0 aliphatic carbocycles. The Morgan fingerprint density at radius 2 is 2.40 bits per heavy atom. The molecule has 0 fully saturated rings. The van der Waals surface area contributed by atoms with Crippen LogP contribution in [0.3, 0.4) is 0 Å². The smallest absolute Gasteiger partial charge is 0.209 e. The van der Waals surface area contributed by atoms with Gasteiger partial charge in [-0.05, 0) is 24.4 Å². The van der Waals surface area contributed by atoms with Crippen molar-refractivity contribution < 1.29 is 4.74 Å². The van der Waals surface area contributed by atoms with Crippen LogP contribution in [0.25, 0.3) is 0 Å². The average Bonchev–Trinajstić information content (AvgIpc) is 2.70. The number of likely N-dealkylation sites (N-methyl/N-ethyl adjacent to an activating group) is 1. The summed E-state index contributed by atoms with van der Waals surface area (Å²) in [6.07, 6.45) is 0.212. The quantitative estimate of drug-likeness (QED) is 0.667. The monoisotopic (exact) mass is 231 g/mol. The zero-order valence-corrected chi connectivity index (χ0v) is 10.1. The average molecular weight is 231 g/mol. The van der Waals surface area contributed by atoms with E-state index in [9.17, 15) is 0 Å². The molecule has 1 aromatic rings. The summed E-state index contributed by atoms with van der Waals surface area (Å²) in [4.78, 5) is 0. The van der Waals surface area contributed by atoms with Crippen molar-refractivity contribution >= 4 is 11.8 Å². The minimum atomic E-state index is 0.212. The molecule has 0 saturated heterocycles. The fourth-order valence-electron chi connectivity index (χ4n) is 0.918. The molecule has 1 rings (SSSR count). The van der Waals surface area contributed by atoms with Gasteiger partial charge < -0.3 is 10.1 Å². The second kappa shape index (κ2) is 6.76. The number of tetrazole rings is 1. The van der Waals surface area contributed by atoms with E-state index in [2.05, 4.69) is 20.8 Å². The number of hydrogen-bond donors (Lipinski definition) is 1. The standard InChI is InChI=1S/C8H17N5OS/c1-7(14-3)6-15-8-10-11-12-13(8)5-4-9-2/h7,9H,4-6H2,1-3H3. The van der Waals surface area contributed by atoms with Crippen molar-refractivity contribution in [2.24, 2.45) is 0 Å². The number of aromatic nitrogens is 4. The van der Waals surface area contributed by atoms with Crippen molar-refractivity contribution in [3.8, 4) is 0 Å². The lowest BCUT2D eigenvalue weighted by molar-refractivity contribution is 0.137. The maximum absolute atomic E-state index is 5.16. The third-order valence-electron chi connectivity index (χ3n) is 1.92. The van der Waals surface area contributed by atoms with E-state index >= 15 is 0 Å². The molecule has 6 nitrogen and oxygen atoms in total. The molecule has 1 heterocycles. The van der Waals surface area contributed by atoms with Gasteiger partial charge in [-0.3, -0.25) is 0 Å². The molecule has 1 unspecified atom stereocenters. The lowest BCUT2D eigenvalue weighted by atomic mass is 10.5. The first-order chi connectivity index (χ1) is 7.27. The highest BCUT2D eigenvalue weighted by Crippen LogP contribution is 2.15. The van der Waals surface area contributed by atoms with E-state index in [-0.39, 0.29) is 6.10 Å². The molecule has 86 valence electrons. The van der Waals surface area contributed by atoms with Crippen LogP contribution in [0.4, 0.5) is 0 Å². The Balaban J connectivity index is 2.42. The van der Waals surface area contributed by atoms with Gasteiger partial charge in [-0.1, -0.05) is 11.8 Å². The zero-order chi connectivity index (χ0) is 11.1. The van der Waals surface area contributed by atoms with Crippen LogP contribution < -0.4 is 5.32 Å². The van der Waals surface area contributed by atoms with Gasteiger partial charge in [0.15, 0.2) is 0 Å². The summed E-state index contributed by atoms with van der Waals surface area (Å²) in [5.74, 6) is 0.858. The maximum Gasteiger partial charge on any atom is 0.209 e. The van der Waals surface area contributed by atoms with Gasteiger partial charge in [-0.25, -0.2) is 4.68 Å². The first kappa shape index (κ1) is 12.4. The molecule has 1 atom stereocenters. The van der Waals surface area contributed by atoms with E-state index in [4.69, 9.17) is 4.74 Å². The molecule has 15 heavy (non-hydrogen) atoms. The Hall–Kier alpha value is -0.660. The van der Waals surface area contributed by atoms with E-state index in [1.165, 1.54) is 0 Å².